The van der Waals surface area contributed by atoms with Crippen LogP contribution < -0.4 is 14.4 Å². The molecular formula is C35H45ClN2O7S2. The molecule has 6 atom stereocenters. The van der Waals surface area contributed by atoms with Gasteiger partial charge < -0.3 is 14.4 Å². The number of aryl methyl sites for hydroxylation is 1. The number of nitrogens with one attached hydrogen (secondary N) is 1. The first-order valence-corrected chi connectivity index (χ1v) is 20.4. The Morgan fingerprint density at radius 2 is 1.94 bits per heavy atom. The average molecular weight is 705 g/mol. The van der Waals surface area contributed by atoms with Crippen LogP contribution in [0.5, 0.6) is 5.75 Å². The summed E-state index contributed by atoms with van der Waals surface area (Å²) in [6.07, 6.45) is 9.81. The van der Waals surface area contributed by atoms with Crippen LogP contribution in [0.15, 0.2) is 48.6 Å². The van der Waals surface area contributed by atoms with Crippen LogP contribution in [-0.4, -0.2) is 72.4 Å². The summed E-state index contributed by atoms with van der Waals surface area (Å²) in [6.45, 7) is 5.03. The van der Waals surface area contributed by atoms with Gasteiger partial charge in [-0.05, 0) is 105 Å². The molecule has 2 aliphatic heterocycles. The highest BCUT2D eigenvalue weighted by Crippen LogP contribution is 2.49. The van der Waals surface area contributed by atoms with Crippen LogP contribution in [-0.2, 0) is 36.4 Å². The molecule has 2 heterocycles. The summed E-state index contributed by atoms with van der Waals surface area (Å²) in [4.78, 5) is 15.7. The molecule has 6 rings (SSSR count). The molecule has 12 heteroatoms. The van der Waals surface area contributed by atoms with Gasteiger partial charge in [0.25, 0.3) is 5.91 Å². The highest BCUT2D eigenvalue weighted by Gasteiger charge is 2.50. The highest BCUT2D eigenvalue weighted by atomic mass is 35.5. The van der Waals surface area contributed by atoms with Gasteiger partial charge in [-0.1, -0.05) is 36.7 Å². The van der Waals surface area contributed by atoms with Crippen LogP contribution >= 0.6 is 11.6 Å². The van der Waals surface area contributed by atoms with Crippen LogP contribution in [0.1, 0.15) is 67.4 Å². The number of fused-ring (bicyclic) bond motifs is 4. The Morgan fingerprint density at radius 1 is 1.15 bits per heavy atom. The molecule has 256 valence electrons. The lowest BCUT2D eigenvalue weighted by atomic mass is 9.64. The maximum atomic E-state index is 13.5. The monoisotopic (exact) mass is 704 g/mol. The Morgan fingerprint density at radius 3 is 2.64 bits per heavy atom. The van der Waals surface area contributed by atoms with Crippen molar-refractivity contribution in [2.45, 2.75) is 68.6 Å². The number of halogens is 1. The number of ether oxygens (including phenoxy) is 2. The largest absolute Gasteiger partial charge is 0.490 e. The van der Waals surface area contributed by atoms with Crippen LogP contribution in [0.25, 0.3) is 0 Å². The van der Waals surface area contributed by atoms with Crippen molar-refractivity contribution < 1.29 is 31.1 Å². The van der Waals surface area contributed by atoms with E-state index in [4.69, 9.17) is 21.1 Å². The van der Waals surface area contributed by atoms with E-state index in [9.17, 15) is 21.6 Å². The number of sulfonamides is 1. The summed E-state index contributed by atoms with van der Waals surface area (Å²) >= 11 is 6.42. The van der Waals surface area contributed by atoms with Gasteiger partial charge in [-0.15, -0.1) is 0 Å². The summed E-state index contributed by atoms with van der Waals surface area (Å²) in [7, 11) is -5.90. The molecule has 2 aliphatic carbocycles. The SMILES string of the molecule is CO[C@@]1(CS(C)(=O)=O)/C=C\C[C@H](C)[C@@H](C)S(=O)(=O)NC(=O)c2ccc3c(c2)N(C[C@@H]2CC[C@H]21)C[C@@]1(CCCc2cc(Cl)ccc21)CO3. The van der Waals surface area contributed by atoms with Crippen molar-refractivity contribution in [1.29, 1.82) is 0 Å². The maximum absolute atomic E-state index is 13.5. The molecule has 0 radical (unpaired) electrons. The van der Waals surface area contributed by atoms with E-state index in [0.29, 0.717) is 42.6 Å². The Kier molecular flexibility index (Phi) is 9.26. The fourth-order valence-corrected chi connectivity index (χ4v) is 10.9. The summed E-state index contributed by atoms with van der Waals surface area (Å²) < 4.78 is 67.5. The number of anilines is 1. The fourth-order valence-electron chi connectivity index (χ4n) is 8.20. The van der Waals surface area contributed by atoms with E-state index < -0.39 is 36.6 Å². The fraction of sp³-hybridized carbons (Fsp3) is 0.571. The van der Waals surface area contributed by atoms with E-state index in [1.807, 2.05) is 31.2 Å². The normalized spacial score (nSPS) is 33.0. The van der Waals surface area contributed by atoms with Crippen molar-refractivity contribution in [1.82, 2.24) is 4.72 Å². The predicted molar refractivity (Wildman–Crippen MR) is 185 cm³/mol. The lowest BCUT2D eigenvalue weighted by molar-refractivity contribution is -0.0596. The molecule has 1 saturated carbocycles. The van der Waals surface area contributed by atoms with Gasteiger partial charge in [0.1, 0.15) is 11.4 Å². The van der Waals surface area contributed by atoms with Crippen molar-refractivity contribution in [3.05, 3.63) is 70.3 Å². The molecule has 0 saturated heterocycles. The number of carbonyl (C=O) groups is 1. The first-order chi connectivity index (χ1) is 22.2. The van der Waals surface area contributed by atoms with Crippen LogP contribution in [0, 0.1) is 17.8 Å². The number of rotatable bonds is 3. The average Bonchev–Trinajstić information content (AvgIpc) is 3.14. The maximum Gasteiger partial charge on any atom is 0.264 e. The summed E-state index contributed by atoms with van der Waals surface area (Å²) in [5, 5.41) is -0.183. The third-order valence-electron chi connectivity index (χ3n) is 11.1. The summed E-state index contributed by atoms with van der Waals surface area (Å²) in [6, 6.07) is 11.2. The van der Waals surface area contributed by atoms with E-state index in [0.717, 1.165) is 32.1 Å². The van der Waals surface area contributed by atoms with Gasteiger partial charge in [0.15, 0.2) is 9.84 Å². The first kappa shape index (κ1) is 34.3. The molecule has 1 amide bonds. The van der Waals surface area contributed by atoms with Crippen LogP contribution in [0.3, 0.4) is 0 Å². The Hall–Kier alpha value is -2.60. The number of hydrogen-bond acceptors (Lipinski definition) is 8. The molecule has 1 spiro atoms. The number of benzene rings is 2. The number of allylic oxidation sites excluding steroid dienone is 1. The lowest BCUT2D eigenvalue weighted by Gasteiger charge is -2.50. The molecule has 2 aromatic rings. The van der Waals surface area contributed by atoms with E-state index in [1.165, 1.54) is 17.4 Å². The third kappa shape index (κ3) is 6.70. The van der Waals surface area contributed by atoms with Gasteiger partial charge in [-0.2, -0.15) is 0 Å². The summed E-state index contributed by atoms with van der Waals surface area (Å²) in [5.41, 5.74) is 1.94. The van der Waals surface area contributed by atoms with Crippen molar-refractivity contribution in [3.8, 4) is 5.75 Å². The zero-order valence-electron chi connectivity index (χ0n) is 27.5. The topological polar surface area (TPSA) is 119 Å². The Labute approximate surface area is 284 Å². The minimum atomic E-state index is -4.02. The molecule has 0 aromatic heterocycles. The van der Waals surface area contributed by atoms with Crippen molar-refractivity contribution in [2.75, 3.05) is 43.7 Å². The minimum absolute atomic E-state index is 0.0876. The van der Waals surface area contributed by atoms with Gasteiger partial charge in [-0.3, -0.25) is 4.79 Å². The van der Waals surface area contributed by atoms with E-state index in [1.54, 1.807) is 32.2 Å². The molecule has 4 aliphatic rings. The predicted octanol–water partition coefficient (Wildman–Crippen LogP) is 5.31. The Balaban J connectivity index is 1.48. The number of hydrogen-bond donors (Lipinski definition) is 1. The molecule has 1 fully saturated rings. The quantitative estimate of drug-likeness (QED) is 0.427. The minimum Gasteiger partial charge on any atom is -0.490 e. The third-order valence-corrected chi connectivity index (χ3v) is 14.2. The van der Waals surface area contributed by atoms with E-state index in [2.05, 4.69) is 15.7 Å². The van der Waals surface area contributed by atoms with Crippen LogP contribution in [0.4, 0.5) is 5.69 Å². The standard InChI is InChI=1S/C35H45ClN2O7S2/c1-23-7-5-16-35(44-3,22-46(4,40)41)30-12-9-27(30)19-38-20-34(15-6-8-25-17-28(36)11-13-29(25)34)21-45-32-14-10-26(18-31(32)38)33(39)37-47(42,43)24(23)2/h5,10-11,13-14,16-18,23-24,27,30H,6-9,12,15,19-22H2,1-4H3,(H,37,39)/b16-5-/t23-,24+,27-,30+,34-,35+/m0/s1. The molecule has 2 aromatic carbocycles. The van der Waals surface area contributed by atoms with E-state index >= 15 is 0 Å². The first-order valence-electron chi connectivity index (χ1n) is 16.4. The second-order valence-electron chi connectivity index (χ2n) is 14.3. The van der Waals surface area contributed by atoms with Gasteiger partial charge in [-0.25, -0.2) is 21.6 Å². The number of amides is 1. The second kappa shape index (κ2) is 12.7. The van der Waals surface area contributed by atoms with Crippen molar-refractivity contribution >= 4 is 43.1 Å². The smallest absolute Gasteiger partial charge is 0.264 e. The molecule has 0 unspecified atom stereocenters. The molecule has 47 heavy (non-hydrogen) atoms. The number of carbonyl (C=O) groups excluding carboxylic acids is 1. The van der Waals surface area contributed by atoms with Crippen molar-refractivity contribution in [3.63, 3.8) is 0 Å². The number of sulfone groups is 1. The van der Waals surface area contributed by atoms with E-state index in [-0.39, 0.29) is 34.5 Å². The molecule has 2 bridgehead atoms. The molecule has 9 nitrogen and oxygen atoms in total. The van der Waals surface area contributed by atoms with Crippen molar-refractivity contribution in [2.24, 2.45) is 17.8 Å². The number of methoxy groups -OCH3 is 1. The van der Waals surface area contributed by atoms with Crippen LogP contribution in [0.2, 0.25) is 5.02 Å². The molecule has 1 N–H and O–H groups in total. The van der Waals surface area contributed by atoms with Gasteiger partial charge in [0.2, 0.25) is 10.0 Å². The molecular weight excluding hydrogens is 660 g/mol. The summed E-state index contributed by atoms with van der Waals surface area (Å²) in [5.74, 6) is -0.576. The highest BCUT2D eigenvalue weighted by molar-refractivity contribution is 7.91. The second-order valence-corrected chi connectivity index (χ2v) is 18.9. The zero-order chi connectivity index (χ0) is 33.8. The van der Waals surface area contributed by atoms with Gasteiger partial charge in [0, 0.05) is 42.5 Å². The Bertz CT molecular complexity index is 1800. The number of nitrogens with zero attached hydrogens (tertiary/aromatic N) is 1. The van der Waals surface area contributed by atoms with Gasteiger partial charge in [0.05, 0.1) is 23.3 Å². The zero-order valence-corrected chi connectivity index (χ0v) is 29.9. The lowest BCUT2D eigenvalue weighted by Crippen LogP contribution is -2.55. The van der Waals surface area contributed by atoms with Gasteiger partial charge >= 0.3 is 0 Å².